The number of aromatic nitrogens is 3. The van der Waals surface area contributed by atoms with Gasteiger partial charge in [0.2, 0.25) is 0 Å². The van der Waals surface area contributed by atoms with Crippen LogP contribution in [0.15, 0.2) is 18.5 Å². The molecule has 7 heteroatoms. The summed E-state index contributed by atoms with van der Waals surface area (Å²) in [6.45, 7) is 2.30. The average Bonchev–Trinajstić information content (AvgIpc) is 3.16. The number of anilines is 1. The zero-order valence-electron chi connectivity index (χ0n) is 12.1. The molecule has 0 bridgehead atoms. The predicted molar refractivity (Wildman–Crippen MR) is 87.0 cm³/mol. The molecule has 1 N–H and O–H groups in total. The molecule has 3 heterocycles. The van der Waals surface area contributed by atoms with Crippen molar-refractivity contribution in [1.29, 1.82) is 0 Å². The molecule has 110 valence electrons. The summed E-state index contributed by atoms with van der Waals surface area (Å²) in [6.07, 6.45) is 1.77. The third kappa shape index (κ3) is 1.77. The van der Waals surface area contributed by atoms with Gasteiger partial charge in [-0.05, 0) is 19.1 Å². The van der Waals surface area contributed by atoms with Gasteiger partial charge >= 0.3 is 6.03 Å². The normalized spacial score (nSPS) is 17.8. The summed E-state index contributed by atoms with van der Waals surface area (Å²) in [4.78, 5) is 22.8. The summed E-state index contributed by atoms with van der Waals surface area (Å²) in [7, 11) is 1.95. The van der Waals surface area contributed by atoms with E-state index < -0.39 is 0 Å². The molecule has 0 saturated carbocycles. The lowest BCUT2D eigenvalue weighted by Gasteiger charge is -2.14. The third-order valence-corrected chi connectivity index (χ3v) is 4.74. The van der Waals surface area contributed by atoms with Gasteiger partial charge in [0.1, 0.15) is 11.6 Å². The Morgan fingerprint density at radius 1 is 1.45 bits per heavy atom. The lowest BCUT2D eigenvalue weighted by Crippen LogP contribution is -2.33. The maximum absolute atomic E-state index is 12.1. The first-order valence-corrected chi connectivity index (χ1v) is 7.70. The molecule has 1 aliphatic rings. The molecule has 1 fully saturated rings. The van der Waals surface area contributed by atoms with Crippen LogP contribution in [0.3, 0.4) is 0 Å². The van der Waals surface area contributed by atoms with E-state index in [0.29, 0.717) is 11.7 Å². The van der Waals surface area contributed by atoms with E-state index in [1.807, 2.05) is 23.7 Å². The van der Waals surface area contributed by atoms with Crippen LogP contribution in [0.1, 0.15) is 6.92 Å². The predicted octanol–water partition coefficient (Wildman–Crippen LogP) is 2.10. The minimum absolute atomic E-state index is 0.145. The van der Waals surface area contributed by atoms with Gasteiger partial charge in [0.05, 0.1) is 28.6 Å². The summed E-state index contributed by atoms with van der Waals surface area (Å²) in [6, 6.07) is 3.67. The molecule has 1 aliphatic heterocycles. The average molecular weight is 311 g/mol. The van der Waals surface area contributed by atoms with Gasteiger partial charge in [0.15, 0.2) is 5.13 Å². The number of nitrogens with zero attached hydrogens (tertiary/aromatic N) is 4. The minimum atomic E-state index is -0.167. The molecule has 1 atom stereocenters. The highest BCUT2D eigenvalue weighted by Gasteiger charge is 2.33. The zero-order chi connectivity index (χ0) is 15.3. The summed E-state index contributed by atoms with van der Waals surface area (Å²) < 4.78 is 2.99. The number of rotatable bonds is 1. The van der Waals surface area contributed by atoms with Crippen LogP contribution in [0, 0.1) is 11.8 Å². The van der Waals surface area contributed by atoms with Crippen molar-refractivity contribution in [2.75, 3.05) is 11.4 Å². The van der Waals surface area contributed by atoms with Crippen molar-refractivity contribution in [3.63, 3.8) is 0 Å². The lowest BCUT2D eigenvalue weighted by atomic mass is 10.3. The number of thiazole rings is 1. The second-order valence-corrected chi connectivity index (χ2v) is 6.11. The number of imidazole rings is 1. The van der Waals surface area contributed by atoms with E-state index in [0.717, 1.165) is 21.3 Å². The Kier molecular flexibility index (Phi) is 2.81. The monoisotopic (exact) mass is 311 g/mol. The largest absolute Gasteiger partial charge is 0.334 e. The first-order valence-electron chi connectivity index (χ1n) is 6.89. The van der Waals surface area contributed by atoms with Crippen molar-refractivity contribution in [3.8, 4) is 11.8 Å². The quantitative estimate of drug-likeness (QED) is 0.700. The van der Waals surface area contributed by atoms with Crippen LogP contribution in [0.5, 0.6) is 0 Å². The number of fused-ring (bicyclic) bond motifs is 3. The lowest BCUT2D eigenvalue weighted by molar-refractivity contribution is 0.252. The number of aryl methyl sites for hydroxylation is 1. The van der Waals surface area contributed by atoms with E-state index in [2.05, 4.69) is 22.1 Å². The summed E-state index contributed by atoms with van der Waals surface area (Å²) in [5, 5.41) is 3.50. The van der Waals surface area contributed by atoms with E-state index in [1.54, 1.807) is 18.2 Å². The Hall–Kier alpha value is -2.59. The van der Waals surface area contributed by atoms with Gasteiger partial charge in [-0.3, -0.25) is 4.90 Å². The zero-order valence-corrected chi connectivity index (χ0v) is 12.9. The van der Waals surface area contributed by atoms with Gasteiger partial charge in [-0.15, -0.1) is 5.92 Å². The summed E-state index contributed by atoms with van der Waals surface area (Å²) >= 11 is 1.50. The molecule has 0 spiro atoms. The molecule has 1 saturated heterocycles. The Balaban J connectivity index is 1.91. The molecule has 3 aromatic rings. The van der Waals surface area contributed by atoms with Gasteiger partial charge < -0.3 is 9.88 Å². The number of hydrogen-bond donors (Lipinski definition) is 1. The highest BCUT2D eigenvalue weighted by Crippen LogP contribution is 2.34. The third-order valence-electron chi connectivity index (χ3n) is 3.72. The Bertz CT molecular complexity index is 961. The van der Waals surface area contributed by atoms with Gasteiger partial charge in [0, 0.05) is 7.05 Å². The topological polar surface area (TPSA) is 63.1 Å². The van der Waals surface area contributed by atoms with E-state index in [1.165, 1.54) is 11.3 Å². The number of amides is 2. The second kappa shape index (κ2) is 4.71. The van der Waals surface area contributed by atoms with Gasteiger partial charge in [0.25, 0.3) is 0 Å². The Labute approximate surface area is 130 Å². The molecular formula is C15H13N5OS. The first kappa shape index (κ1) is 13.1. The van der Waals surface area contributed by atoms with Gasteiger partial charge in [-0.25, -0.2) is 14.8 Å². The fraction of sp³-hybridized carbons (Fsp3) is 0.267. The molecular weight excluding hydrogens is 298 g/mol. The number of benzene rings is 1. The molecule has 1 aromatic carbocycles. The SMILES string of the molecule is CC#CC1CNC(=O)N1c1nc2c(ccc3ncn(C)c32)s1. The van der Waals surface area contributed by atoms with E-state index >= 15 is 0 Å². The second-order valence-electron chi connectivity index (χ2n) is 5.10. The molecule has 2 amide bonds. The minimum Gasteiger partial charge on any atom is -0.334 e. The maximum atomic E-state index is 12.1. The molecule has 0 aliphatic carbocycles. The first-order chi connectivity index (χ1) is 10.7. The van der Waals surface area contributed by atoms with Crippen molar-refractivity contribution < 1.29 is 4.79 Å². The number of nitrogens with one attached hydrogen (secondary N) is 1. The van der Waals surface area contributed by atoms with Crippen molar-refractivity contribution in [2.45, 2.75) is 13.0 Å². The Morgan fingerprint density at radius 3 is 3.14 bits per heavy atom. The molecule has 2 aromatic heterocycles. The van der Waals surface area contributed by atoms with Crippen molar-refractivity contribution in [1.82, 2.24) is 19.9 Å². The molecule has 22 heavy (non-hydrogen) atoms. The van der Waals surface area contributed by atoms with Crippen molar-refractivity contribution in [2.24, 2.45) is 7.05 Å². The maximum Gasteiger partial charge on any atom is 0.324 e. The van der Waals surface area contributed by atoms with Gasteiger partial charge in [-0.1, -0.05) is 17.3 Å². The van der Waals surface area contributed by atoms with Gasteiger partial charge in [-0.2, -0.15) is 0 Å². The van der Waals surface area contributed by atoms with Crippen LogP contribution in [-0.2, 0) is 7.05 Å². The van der Waals surface area contributed by atoms with E-state index in [-0.39, 0.29) is 12.1 Å². The molecule has 6 nitrogen and oxygen atoms in total. The van der Waals surface area contributed by atoms with Crippen LogP contribution in [0.4, 0.5) is 9.93 Å². The van der Waals surface area contributed by atoms with Crippen LogP contribution in [0.25, 0.3) is 21.3 Å². The summed E-state index contributed by atoms with van der Waals surface area (Å²) in [5.41, 5.74) is 2.76. The highest BCUT2D eigenvalue weighted by molar-refractivity contribution is 7.22. The molecule has 0 radical (unpaired) electrons. The highest BCUT2D eigenvalue weighted by atomic mass is 32.1. The molecule has 4 rings (SSSR count). The van der Waals surface area contributed by atoms with Crippen LogP contribution in [0.2, 0.25) is 0 Å². The fourth-order valence-electron chi connectivity index (χ4n) is 2.72. The van der Waals surface area contributed by atoms with Crippen molar-refractivity contribution in [3.05, 3.63) is 18.5 Å². The number of carbonyl (C=O) groups excluding carboxylic acids is 1. The van der Waals surface area contributed by atoms with E-state index in [9.17, 15) is 4.79 Å². The van der Waals surface area contributed by atoms with Crippen molar-refractivity contribution >= 4 is 43.7 Å². The summed E-state index contributed by atoms with van der Waals surface area (Å²) in [5.74, 6) is 5.93. The van der Waals surface area contributed by atoms with Crippen LogP contribution in [-0.4, -0.2) is 33.2 Å². The Morgan fingerprint density at radius 2 is 2.32 bits per heavy atom. The number of carbonyl (C=O) groups is 1. The molecule has 1 unspecified atom stereocenters. The van der Waals surface area contributed by atoms with E-state index in [4.69, 9.17) is 4.98 Å². The fourth-order valence-corrected chi connectivity index (χ4v) is 3.74. The van der Waals surface area contributed by atoms with Crippen LogP contribution >= 0.6 is 11.3 Å². The standard InChI is InChI=1S/C15H13N5OS/c1-3-4-9-7-16-14(21)20(9)15-18-12-11(22-15)6-5-10-13(12)19(2)8-17-10/h5-6,8-9H,7H2,1-2H3,(H,16,21). The number of hydrogen-bond acceptors (Lipinski definition) is 4. The smallest absolute Gasteiger partial charge is 0.324 e. The number of urea groups is 1. The van der Waals surface area contributed by atoms with Crippen LogP contribution < -0.4 is 10.2 Å².